The van der Waals surface area contributed by atoms with Gasteiger partial charge in [-0.3, -0.25) is 4.98 Å². The first-order valence-corrected chi connectivity index (χ1v) is 7.47. The number of benzene rings is 1. The molecule has 5 heteroatoms. The molecular formula is C18H18N4O. The van der Waals surface area contributed by atoms with E-state index in [1.807, 2.05) is 30.5 Å². The smallest absolute Gasteiger partial charge is 0.205 e. The fourth-order valence-electron chi connectivity index (χ4n) is 2.55. The van der Waals surface area contributed by atoms with Crippen LogP contribution < -0.4 is 10.1 Å². The van der Waals surface area contributed by atoms with E-state index < -0.39 is 0 Å². The fraction of sp³-hybridized carbons (Fsp3) is 0.222. The van der Waals surface area contributed by atoms with Crippen LogP contribution >= 0.6 is 0 Å². The highest BCUT2D eigenvalue weighted by Gasteiger charge is 2.05. The Hall–Kier alpha value is -2.84. The third-order valence-electron chi connectivity index (χ3n) is 3.77. The summed E-state index contributed by atoms with van der Waals surface area (Å²) in [4.78, 5) is 10.9. The molecule has 2 N–H and O–H groups in total. The van der Waals surface area contributed by atoms with Crippen LogP contribution in [0.1, 0.15) is 11.1 Å². The molecule has 0 atom stereocenters. The van der Waals surface area contributed by atoms with Crippen LogP contribution in [0.2, 0.25) is 0 Å². The lowest BCUT2D eigenvalue weighted by Crippen LogP contribution is -2.16. The molecular weight excluding hydrogens is 288 g/mol. The molecule has 3 aromatic rings. The van der Waals surface area contributed by atoms with Crippen LogP contribution in [0.3, 0.4) is 0 Å². The first kappa shape index (κ1) is 15.1. The van der Waals surface area contributed by atoms with Crippen LogP contribution in [0.5, 0.6) is 5.75 Å². The maximum atomic E-state index is 7.09. The number of ether oxygens (including phenoxy) is 1. The number of nitrogens with one attached hydrogen (secondary N) is 2. The Morgan fingerprint density at radius 2 is 2.26 bits per heavy atom. The molecule has 0 aliphatic carbocycles. The summed E-state index contributed by atoms with van der Waals surface area (Å²) in [6.45, 7) is 8.74. The van der Waals surface area contributed by atoms with Gasteiger partial charge in [0.1, 0.15) is 11.4 Å². The Bertz CT molecular complexity index is 848. The van der Waals surface area contributed by atoms with Gasteiger partial charge in [0.05, 0.1) is 13.7 Å². The van der Waals surface area contributed by atoms with Crippen LogP contribution in [0.15, 0.2) is 42.7 Å². The number of aromatic amines is 1. The highest BCUT2D eigenvalue weighted by atomic mass is 16.5. The van der Waals surface area contributed by atoms with E-state index >= 15 is 0 Å². The summed E-state index contributed by atoms with van der Waals surface area (Å²) in [7, 11) is 1.68. The Morgan fingerprint density at radius 1 is 1.35 bits per heavy atom. The van der Waals surface area contributed by atoms with Crippen molar-refractivity contribution >= 4 is 16.7 Å². The summed E-state index contributed by atoms with van der Waals surface area (Å²) < 4.78 is 5.23. The molecule has 5 nitrogen and oxygen atoms in total. The molecule has 2 aromatic heterocycles. The van der Waals surface area contributed by atoms with Gasteiger partial charge < -0.3 is 15.0 Å². The van der Waals surface area contributed by atoms with Crippen LogP contribution in [0, 0.1) is 6.57 Å². The fourth-order valence-corrected chi connectivity index (χ4v) is 2.55. The summed E-state index contributed by atoms with van der Waals surface area (Å²) in [6.07, 6.45) is 4.45. The maximum Gasteiger partial charge on any atom is 0.205 e. The molecule has 3 rings (SSSR count). The molecule has 0 radical (unpaired) electrons. The van der Waals surface area contributed by atoms with Crippen LogP contribution in [0.25, 0.3) is 15.9 Å². The number of H-pyrrole nitrogens is 1. The van der Waals surface area contributed by atoms with E-state index in [0.717, 1.165) is 36.3 Å². The molecule has 0 amide bonds. The van der Waals surface area contributed by atoms with Gasteiger partial charge in [-0.05, 0) is 42.3 Å². The molecule has 2 heterocycles. The number of hydrogen-bond donors (Lipinski definition) is 2. The molecule has 0 bridgehead atoms. The highest BCUT2D eigenvalue weighted by Crippen LogP contribution is 2.22. The van der Waals surface area contributed by atoms with Gasteiger partial charge in [-0.15, -0.1) is 0 Å². The largest absolute Gasteiger partial charge is 0.497 e. The summed E-state index contributed by atoms with van der Waals surface area (Å²) in [5.74, 6) is 0.874. The number of rotatable bonds is 6. The molecule has 23 heavy (non-hydrogen) atoms. The summed E-state index contributed by atoms with van der Waals surface area (Å²) in [6, 6.07) is 9.94. The zero-order valence-electron chi connectivity index (χ0n) is 13.0. The van der Waals surface area contributed by atoms with Crippen molar-refractivity contribution in [1.82, 2.24) is 15.3 Å². The topological polar surface area (TPSA) is 54.3 Å². The predicted molar refractivity (Wildman–Crippen MR) is 90.8 cm³/mol. The highest BCUT2D eigenvalue weighted by molar-refractivity contribution is 5.83. The SMILES string of the molecule is [C-]#[N+]c1cnc2[nH]cc(CCNCc3cccc(OC)c3)c2c1. The molecule has 1 aromatic carbocycles. The minimum absolute atomic E-state index is 0.572. The first-order valence-electron chi connectivity index (χ1n) is 7.47. The van der Waals surface area contributed by atoms with Crippen molar-refractivity contribution in [2.75, 3.05) is 13.7 Å². The lowest BCUT2D eigenvalue weighted by molar-refractivity contribution is 0.414. The molecule has 0 unspecified atom stereocenters. The lowest BCUT2D eigenvalue weighted by atomic mass is 10.1. The van der Waals surface area contributed by atoms with Gasteiger partial charge in [0.25, 0.3) is 0 Å². The Balaban J connectivity index is 1.59. The quantitative estimate of drug-likeness (QED) is 0.542. The Labute approximate surface area is 135 Å². The van der Waals surface area contributed by atoms with Gasteiger partial charge in [0.2, 0.25) is 5.69 Å². The molecule has 0 aliphatic heterocycles. The van der Waals surface area contributed by atoms with Crippen molar-refractivity contribution in [2.45, 2.75) is 13.0 Å². The van der Waals surface area contributed by atoms with Gasteiger partial charge in [-0.1, -0.05) is 12.1 Å². The van der Waals surface area contributed by atoms with Crippen molar-refractivity contribution in [3.63, 3.8) is 0 Å². The van der Waals surface area contributed by atoms with E-state index in [0.29, 0.717) is 5.69 Å². The van der Waals surface area contributed by atoms with E-state index in [-0.39, 0.29) is 0 Å². The standard InChI is InChI=1S/C18H18N4O/c1-19-15-9-17-14(11-21-18(17)22-12-15)6-7-20-10-13-4-3-5-16(8-13)23-2/h3-5,8-9,11-12,20H,6-7,10H2,2H3,(H,21,22). The number of hydrogen-bond acceptors (Lipinski definition) is 3. The summed E-state index contributed by atoms with van der Waals surface area (Å²) in [5.41, 5.74) is 3.78. The molecule has 0 spiro atoms. The minimum Gasteiger partial charge on any atom is -0.497 e. The predicted octanol–water partition coefficient (Wildman–Crippen LogP) is 3.45. The second-order valence-corrected chi connectivity index (χ2v) is 5.29. The van der Waals surface area contributed by atoms with Crippen molar-refractivity contribution < 1.29 is 4.74 Å². The molecule has 0 fully saturated rings. The number of fused-ring (bicyclic) bond motifs is 1. The second kappa shape index (κ2) is 6.95. The monoisotopic (exact) mass is 306 g/mol. The average Bonchev–Trinajstić information content (AvgIpc) is 3.01. The number of aromatic nitrogens is 2. The van der Waals surface area contributed by atoms with E-state index in [9.17, 15) is 0 Å². The number of methoxy groups -OCH3 is 1. The van der Waals surface area contributed by atoms with Gasteiger partial charge in [-0.25, -0.2) is 4.85 Å². The van der Waals surface area contributed by atoms with E-state index in [1.54, 1.807) is 13.3 Å². The van der Waals surface area contributed by atoms with Crippen LogP contribution in [-0.4, -0.2) is 23.6 Å². The third-order valence-corrected chi connectivity index (χ3v) is 3.77. The van der Waals surface area contributed by atoms with Crippen molar-refractivity contribution in [3.8, 4) is 5.75 Å². The lowest BCUT2D eigenvalue weighted by Gasteiger charge is -2.06. The van der Waals surface area contributed by atoms with Gasteiger partial charge >= 0.3 is 0 Å². The average molecular weight is 306 g/mol. The first-order chi connectivity index (χ1) is 11.3. The normalized spacial score (nSPS) is 10.6. The summed E-state index contributed by atoms with van der Waals surface area (Å²) in [5, 5.41) is 4.46. The number of nitrogens with zero attached hydrogens (tertiary/aromatic N) is 2. The molecule has 0 aliphatic rings. The van der Waals surface area contributed by atoms with Gasteiger partial charge in [0, 0.05) is 24.3 Å². The second-order valence-electron chi connectivity index (χ2n) is 5.29. The van der Waals surface area contributed by atoms with Crippen molar-refractivity contribution in [3.05, 3.63) is 65.3 Å². The third kappa shape index (κ3) is 3.50. The van der Waals surface area contributed by atoms with Crippen LogP contribution in [-0.2, 0) is 13.0 Å². The zero-order valence-corrected chi connectivity index (χ0v) is 13.0. The number of pyridine rings is 1. The van der Waals surface area contributed by atoms with Crippen molar-refractivity contribution in [2.24, 2.45) is 0 Å². The van der Waals surface area contributed by atoms with Gasteiger partial charge in [0.15, 0.2) is 0 Å². The van der Waals surface area contributed by atoms with Crippen molar-refractivity contribution in [1.29, 1.82) is 0 Å². The summed E-state index contributed by atoms with van der Waals surface area (Å²) >= 11 is 0. The molecule has 116 valence electrons. The Morgan fingerprint density at radius 3 is 3.09 bits per heavy atom. The van der Waals surface area contributed by atoms with Crippen LogP contribution in [0.4, 0.5) is 5.69 Å². The van der Waals surface area contributed by atoms with E-state index in [2.05, 4.69) is 26.2 Å². The Kier molecular flexibility index (Phi) is 4.55. The molecule has 0 saturated heterocycles. The zero-order chi connectivity index (χ0) is 16.1. The van der Waals surface area contributed by atoms with E-state index in [4.69, 9.17) is 11.3 Å². The minimum atomic E-state index is 0.572. The maximum absolute atomic E-state index is 7.09. The van der Waals surface area contributed by atoms with Gasteiger partial charge in [-0.2, -0.15) is 0 Å². The van der Waals surface area contributed by atoms with E-state index in [1.165, 1.54) is 11.1 Å². The molecule has 0 saturated carbocycles.